The molecular weight excluding hydrogens is 248 g/mol. The minimum Gasteiger partial charge on any atom is -0.353 e. The average molecular weight is 275 g/mol. The molecule has 2 rings (SSSR count). The SMILES string of the molecule is CC(C)C(C)NC(=O)[C@@]12CCCC[C@H]1CNC2.Cl. The van der Waals surface area contributed by atoms with E-state index in [2.05, 4.69) is 31.4 Å². The van der Waals surface area contributed by atoms with Crippen LogP contribution < -0.4 is 10.6 Å². The summed E-state index contributed by atoms with van der Waals surface area (Å²) in [6.45, 7) is 8.35. The summed E-state index contributed by atoms with van der Waals surface area (Å²) in [6, 6.07) is 0.278. The molecule has 1 aliphatic heterocycles. The van der Waals surface area contributed by atoms with E-state index in [1.165, 1.54) is 19.3 Å². The number of hydrogen-bond acceptors (Lipinski definition) is 2. The number of rotatable bonds is 3. The van der Waals surface area contributed by atoms with Gasteiger partial charge in [-0.2, -0.15) is 0 Å². The van der Waals surface area contributed by atoms with E-state index in [9.17, 15) is 4.79 Å². The molecule has 0 radical (unpaired) electrons. The standard InChI is InChI=1S/C14H26N2O.ClH/c1-10(2)11(3)16-13(17)14-7-5-4-6-12(14)8-15-9-14;/h10-12,15H,4-9H2,1-3H3,(H,16,17);1H/t11?,12-,14+;/m0./s1. The van der Waals surface area contributed by atoms with Gasteiger partial charge >= 0.3 is 0 Å². The minimum atomic E-state index is -0.0958. The van der Waals surface area contributed by atoms with Crippen molar-refractivity contribution >= 4 is 18.3 Å². The first-order valence-corrected chi connectivity index (χ1v) is 7.08. The van der Waals surface area contributed by atoms with Crippen molar-refractivity contribution in [2.45, 2.75) is 52.5 Å². The van der Waals surface area contributed by atoms with Crippen LogP contribution in [0.5, 0.6) is 0 Å². The smallest absolute Gasteiger partial charge is 0.228 e. The van der Waals surface area contributed by atoms with Crippen molar-refractivity contribution < 1.29 is 4.79 Å². The molecule has 3 atom stereocenters. The first kappa shape index (κ1) is 15.8. The Labute approximate surface area is 117 Å². The maximum Gasteiger partial charge on any atom is 0.228 e. The Hall–Kier alpha value is -0.280. The van der Waals surface area contributed by atoms with Crippen LogP contribution in [-0.2, 0) is 4.79 Å². The van der Waals surface area contributed by atoms with Gasteiger partial charge in [0.25, 0.3) is 0 Å². The third-order valence-electron chi connectivity index (χ3n) is 4.85. The molecule has 2 fully saturated rings. The number of carbonyl (C=O) groups is 1. The molecule has 106 valence electrons. The van der Waals surface area contributed by atoms with Gasteiger partial charge in [-0.3, -0.25) is 4.79 Å². The minimum absolute atomic E-state index is 0. The number of fused-ring (bicyclic) bond motifs is 1. The van der Waals surface area contributed by atoms with Gasteiger partial charge in [0.05, 0.1) is 5.41 Å². The summed E-state index contributed by atoms with van der Waals surface area (Å²) >= 11 is 0. The lowest BCUT2D eigenvalue weighted by Gasteiger charge is -2.38. The van der Waals surface area contributed by atoms with E-state index in [4.69, 9.17) is 0 Å². The van der Waals surface area contributed by atoms with Crippen LogP contribution in [0.1, 0.15) is 46.5 Å². The molecule has 0 spiro atoms. The topological polar surface area (TPSA) is 41.1 Å². The Kier molecular flexibility index (Phi) is 5.47. The van der Waals surface area contributed by atoms with Crippen LogP contribution in [0.25, 0.3) is 0 Å². The first-order chi connectivity index (χ1) is 8.06. The molecule has 0 aromatic rings. The molecule has 2 aliphatic rings. The van der Waals surface area contributed by atoms with E-state index in [1.54, 1.807) is 0 Å². The summed E-state index contributed by atoms with van der Waals surface area (Å²) in [6.07, 6.45) is 4.79. The van der Waals surface area contributed by atoms with Crippen LogP contribution >= 0.6 is 12.4 Å². The molecular formula is C14H27ClN2O. The van der Waals surface area contributed by atoms with Crippen LogP contribution in [0.15, 0.2) is 0 Å². The van der Waals surface area contributed by atoms with Crippen LogP contribution in [0, 0.1) is 17.3 Å². The van der Waals surface area contributed by atoms with E-state index >= 15 is 0 Å². The Morgan fingerprint density at radius 2 is 2.06 bits per heavy atom. The molecule has 4 heteroatoms. The highest BCUT2D eigenvalue weighted by atomic mass is 35.5. The highest BCUT2D eigenvalue weighted by Gasteiger charge is 2.49. The predicted molar refractivity (Wildman–Crippen MR) is 77.0 cm³/mol. The summed E-state index contributed by atoms with van der Waals surface area (Å²) in [5, 5.41) is 6.66. The van der Waals surface area contributed by atoms with E-state index in [-0.39, 0.29) is 23.9 Å². The summed E-state index contributed by atoms with van der Waals surface area (Å²) < 4.78 is 0. The zero-order valence-corrected chi connectivity index (χ0v) is 12.6. The van der Waals surface area contributed by atoms with Gasteiger partial charge in [0.2, 0.25) is 5.91 Å². The highest BCUT2D eigenvalue weighted by molar-refractivity contribution is 5.85. The van der Waals surface area contributed by atoms with Crippen LogP contribution in [0.3, 0.4) is 0 Å². The molecule has 1 saturated carbocycles. The highest BCUT2D eigenvalue weighted by Crippen LogP contribution is 2.44. The van der Waals surface area contributed by atoms with Gasteiger partial charge in [-0.05, 0) is 38.1 Å². The number of nitrogens with one attached hydrogen (secondary N) is 2. The van der Waals surface area contributed by atoms with E-state index in [0.29, 0.717) is 17.7 Å². The molecule has 1 amide bonds. The number of hydrogen-bond donors (Lipinski definition) is 2. The van der Waals surface area contributed by atoms with E-state index < -0.39 is 0 Å². The summed E-state index contributed by atoms with van der Waals surface area (Å²) in [5.74, 6) is 1.37. The third-order valence-corrected chi connectivity index (χ3v) is 4.85. The van der Waals surface area contributed by atoms with Crippen molar-refractivity contribution in [1.82, 2.24) is 10.6 Å². The lowest BCUT2D eigenvalue weighted by atomic mass is 9.67. The molecule has 2 N–H and O–H groups in total. The van der Waals surface area contributed by atoms with Crippen molar-refractivity contribution in [2.75, 3.05) is 13.1 Å². The van der Waals surface area contributed by atoms with Crippen molar-refractivity contribution in [3.8, 4) is 0 Å². The van der Waals surface area contributed by atoms with E-state index in [0.717, 1.165) is 19.5 Å². The summed E-state index contributed by atoms with van der Waals surface area (Å²) in [4.78, 5) is 12.6. The summed E-state index contributed by atoms with van der Waals surface area (Å²) in [5.41, 5.74) is -0.0958. The van der Waals surface area contributed by atoms with Crippen LogP contribution in [-0.4, -0.2) is 25.0 Å². The Morgan fingerprint density at radius 1 is 1.33 bits per heavy atom. The first-order valence-electron chi connectivity index (χ1n) is 7.08. The van der Waals surface area contributed by atoms with Gasteiger partial charge in [-0.25, -0.2) is 0 Å². The second-order valence-electron chi connectivity index (χ2n) is 6.24. The van der Waals surface area contributed by atoms with Gasteiger partial charge in [0.1, 0.15) is 0 Å². The molecule has 3 nitrogen and oxygen atoms in total. The van der Waals surface area contributed by atoms with Gasteiger partial charge in [-0.1, -0.05) is 26.7 Å². The van der Waals surface area contributed by atoms with E-state index in [1.807, 2.05) is 0 Å². The molecule has 1 unspecified atom stereocenters. The molecule has 18 heavy (non-hydrogen) atoms. The normalized spacial score (nSPS) is 32.6. The molecule has 1 aliphatic carbocycles. The molecule has 0 bridgehead atoms. The van der Waals surface area contributed by atoms with Crippen molar-refractivity contribution in [3.63, 3.8) is 0 Å². The molecule has 1 saturated heterocycles. The van der Waals surface area contributed by atoms with Crippen molar-refractivity contribution in [1.29, 1.82) is 0 Å². The second-order valence-corrected chi connectivity index (χ2v) is 6.24. The predicted octanol–water partition coefficient (Wildman–Crippen LogP) is 2.35. The van der Waals surface area contributed by atoms with Gasteiger partial charge < -0.3 is 10.6 Å². The zero-order valence-electron chi connectivity index (χ0n) is 11.8. The number of amides is 1. The van der Waals surface area contributed by atoms with Gasteiger partial charge in [0, 0.05) is 12.6 Å². The van der Waals surface area contributed by atoms with Crippen LogP contribution in [0.4, 0.5) is 0 Å². The maximum absolute atomic E-state index is 12.6. The van der Waals surface area contributed by atoms with Gasteiger partial charge in [0.15, 0.2) is 0 Å². The monoisotopic (exact) mass is 274 g/mol. The molecule has 0 aromatic carbocycles. The summed E-state index contributed by atoms with van der Waals surface area (Å²) in [7, 11) is 0. The van der Waals surface area contributed by atoms with Crippen molar-refractivity contribution in [3.05, 3.63) is 0 Å². The van der Waals surface area contributed by atoms with Crippen molar-refractivity contribution in [2.24, 2.45) is 17.3 Å². The average Bonchev–Trinajstić information content (AvgIpc) is 2.73. The molecule has 0 aromatic heterocycles. The largest absolute Gasteiger partial charge is 0.353 e. The zero-order chi connectivity index (χ0) is 12.5. The third kappa shape index (κ3) is 2.83. The number of carbonyl (C=O) groups excluding carboxylic acids is 1. The lowest BCUT2D eigenvalue weighted by molar-refractivity contribution is -0.135. The molecule has 1 heterocycles. The maximum atomic E-state index is 12.6. The van der Waals surface area contributed by atoms with Gasteiger partial charge in [-0.15, -0.1) is 12.4 Å². The second kappa shape index (κ2) is 6.25. The fraction of sp³-hybridized carbons (Fsp3) is 0.929. The fourth-order valence-electron chi connectivity index (χ4n) is 3.21. The number of halogens is 1. The lowest BCUT2D eigenvalue weighted by Crippen LogP contribution is -2.51. The fourth-order valence-corrected chi connectivity index (χ4v) is 3.21. The Bertz CT molecular complexity index is 296. The Morgan fingerprint density at radius 3 is 2.72 bits per heavy atom. The Balaban J connectivity index is 0.00000162. The van der Waals surface area contributed by atoms with Crippen LogP contribution in [0.2, 0.25) is 0 Å². The quantitative estimate of drug-likeness (QED) is 0.830.